The molecule has 20 heavy (non-hydrogen) atoms. The molecule has 1 aliphatic carbocycles. The minimum atomic E-state index is 0.146. The van der Waals surface area contributed by atoms with Crippen LogP contribution < -0.4 is 5.32 Å². The average molecular weight is 271 g/mol. The topological polar surface area (TPSA) is 29.1 Å². The monoisotopic (exact) mass is 271 g/mol. The predicted molar refractivity (Wildman–Crippen MR) is 81.4 cm³/mol. The maximum Gasteiger partial charge on any atom is 0.220 e. The zero-order chi connectivity index (χ0) is 14.0. The molecule has 2 heteroatoms. The number of benzene rings is 1. The quantitative estimate of drug-likeness (QED) is 0.892. The summed E-state index contributed by atoms with van der Waals surface area (Å²) in [5.74, 6) is 0.961. The lowest BCUT2D eigenvalue weighted by atomic mass is 9.65. The Morgan fingerprint density at radius 3 is 2.55 bits per heavy atom. The Labute approximate surface area is 122 Å². The van der Waals surface area contributed by atoms with Crippen LogP contribution in [-0.4, -0.2) is 11.9 Å². The normalized spacial score (nSPS) is 31.2. The van der Waals surface area contributed by atoms with Crippen molar-refractivity contribution >= 4 is 5.91 Å². The van der Waals surface area contributed by atoms with Crippen LogP contribution in [0, 0.1) is 11.3 Å². The van der Waals surface area contributed by atoms with Crippen molar-refractivity contribution in [2.24, 2.45) is 11.3 Å². The summed E-state index contributed by atoms with van der Waals surface area (Å²) in [6, 6.07) is 10.9. The van der Waals surface area contributed by atoms with Gasteiger partial charge < -0.3 is 5.32 Å². The summed E-state index contributed by atoms with van der Waals surface area (Å²) in [7, 11) is 0. The summed E-state index contributed by atoms with van der Waals surface area (Å²) >= 11 is 0. The summed E-state index contributed by atoms with van der Waals surface area (Å²) < 4.78 is 0. The first-order chi connectivity index (χ1) is 9.68. The van der Waals surface area contributed by atoms with Crippen LogP contribution in [0.1, 0.15) is 51.0 Å². The van der Waals surface area contributed by atoms with Crippen molar-refractivity contribution in [3.05, 3.63) is 35.9 Å². The van der Waals surface area contributed by atoms with Gasteiger partial charge in [-0.2, -0.15) is 0 Å². The molecule has 0 radical (unpaired) electrons. The lowest BCUT2D eigenvalue weighted by Crippen LogP contribution is -2.42. The molecule has 1 heterocycles. The van der Waals surface area contributed by atoms with Crippen LogP contribution in [0.2, 0.25) is 0 Å². The van der Waals surface area contributed by atoms with Gasteiger partial charge in [-0.05, 0) is 36.2 Å². The summed E-state index contributed by atoms with van der Waals surface area (Å²) in [6.45, 7) is 2.34. The van der Waals surface area contributed by atoms with Gasteiger partial charge in [0, 0.05) is 12.5 Å². The molecule has 2 aliphatic rings. The van der Waals surface area contributed by atoms with E-state index in [-0.39, 0.29) is 11.3 Å². The van der Waals surface area contributed by atoms with Crippen molar-refractivity contribution in [1.82, 2.24) is 5.32 Å². The third-order valence-corrected chi connectivity index (χ3v) is 5.49. The molecule has 1 saturated carbocycles. The van der Waals surface area contributed by atoms with Crippen molar-refractivity contribution in [3.63, 3.8) is 0 Å². The SMILES string of the molecule is CC1(C2CCCCC2)CC(=O)NC1Cc1ccccc1. The van der Waals surface area contributed by atoms with Gasteiger partial charge in [0.1, 0.15) is 0 Å². The average Bonchev–Trinajstić information content (AvgIpc) is 2.76. The number of carbonyl (C=O) groups is 1. The van der Waals surface area contributed by atoms with Gasteiger partial charge in [0.2, 0.25) is 5.91 Å². The number of rotatable bonds is 3. The Morgan fingerprint density at radius 2 is 1.85 bits per heavy atom. The minimum Gasteiger partial charge on any atom is -0.352 e. The molecule has 1 aromatic carbocycles. The second-order valence-corrected chi connectivity index (χ2v) is 6.83. The molecule has 2 unspecified atom stereocenters. The van der Waals surface area contributed by atoms with Crippen LogP contribution in [0.25, 0.3) is 0 Å². The summed E-state index contributed by atoms with van der Waals surface area (Å²) in [5.41, 5.74) is 1.48. The van der Waals surface area contributed by atoms with Gasteiger partial charge in [-0.1, -0.05) is 56.5 Å². The number of hydrogen-bond donors (Lipinski definition) is 1. The Bertz CT molecular complexity index is 464. The van der Waals surface area contributed by atoms with E-state index in [0.29, 0.717) is 12.0 Å². The van der Waals surface area contributed by atoms with Gasteiger partial charge in [-0.25, -0.2) is 0 Å². The molecule has 0 bridgehead atoms. The highest BCUT2D eigenvalue weighted by atomic mass is 16.2. The maximum atomic E-state index is 12.0. The van der Waals surface area contributed by atoms with Crippen LogP contribution >= 0.6 is 0 Å². The molecule has 1 amide bonds. The van der Waals surface area contributed by atoms with Crippen LogP contribution in [0.3, 0.4) is 0 Å². The van der Waals surface area contributed by atoms with E-state index in [1.807, 2.05) is 0 Å². The molecule has 2 atom stereocenters. The zero-order valence-corrected chi connectivity index (χ0v) is 12.4. The molecule has 1 N–H and O–H groups in total. The molecule has 2 fully saturated rings. The van der Waals surface area contributed by atoms with Gasteiger partial charge in [0.15, 0.2) is 0 Å². The summed E-state index contributed by atoms with van der Waals surface area (Å²) in [4.78, 5) is 12.0. The fraction of sp³-hybridized carbons (Fsp3) is 0.611. The largest absolute Gasteiger partial charge is 0.352 e. The molecule has 2 nitrogen and oxygen atoms in total. The van der Waals surface area contributed by atoms with Crippen molar-refractivity contribution < 1.29 is 4.79 Å². The van der Waals surface area contributed by atoms with Crippen molar-refractivity contribution in [2.45, 2.75) is 57.9 Å². The molecule has 1 aliphatic heterocycles. The fourth-order valence-corrected chi connectivity index (χ4v) is 4.20. The van der Waals surface area contributed by atoms with E-state index in [1.54, 1.807) is 0 Å². The lowest BCUT2D eigenvalue weighted by Gasteiger charge is -2.40. The van der Waals surface area contributed by atoms with Crippen LogP contribution in [-0.2, 0) is 11.2 Å². The van der Waals surface area contributed by atoms with Crippen LogP contribution in [0.4, 0.5) is 0 Å². The highest BCUT2D eigenvalue weighted by Crippen LogP contribution is 2.46. The first-order valence-corrected chi connectivity index (χ1v) is 8.02. The standard InChI is InChI=1S/C18H25NO/c1-18(15-10-6-3-7-11-15)13-17(20)19-16(18)12-14-8-4-2-5-9-14/h2,4-5,8-9,15-16H,3,6-7,10-13H2,1H3,(H,19,20). The highest BCUT2D eigenvalue weighted by Gasteiger charge is 2.47. The molecule has 108 valence electrons. The Morgan fingerprint density at radius 1 is 1.15 bits per heavy atom. The summed E-state index contributed by atoms with van der Waals surface area (Å²) in [5, 5.41) is 3.25. The van der Waals surface area contributed by atoms with Crippen LogP contribution in [0.5, 0.6) is 0 Å². The molecular weight excluding hydrogens is 246 g/mol. The van der Waals surface area contributed by atoms with Crippen molar-refractivity contribution in [3.8, 4) is 0 Å². The van der Waals surface area contributed by atoms with Crippen molar-refractivity contribution in [2.75, 3.05) is 0 Å². The van der Waals surface area contributed by atoms with Gasteiger partial charge in [0.25, 0.3) is 0 Å². The van der Waals surface area contributed by atoms with E-state index in [0.717, 1.165) is 12.8 Å². The molecule has 0 aromatic heterocycles. The molecule has 0 spiro atoms. The van der Waals surface area contributed by atoms with Gasteiger partial charge in [-0.3, -0.25) is 4.79 Å². The number of carbonyl (C=O) groups excluding carboxylic acids is 1. The second kappa shape index (κ2) is 5.59. The van der Waals surface area contributed by atoms with Gasteiger partial charge in [0.05, 0.1) is 0 Å². The van der Waals surface area contributed by atoms with Gasteiger partial charge in [-0.15, -0.1) is 0 Å². The molecule has 1 saturated heterocycles. The van der Waals surface area contributed by atoms with Gasteiger partial charge >= 0.3 is 0 Å². The van der Waals surface area contributed by atoms with Crippen molar-refractivity contribution in [1.29, 1.82) is 0 Å². The second-order valence-electron chi connectivity index (χ2n) is 6.83. The Hall–Kier alpha value is -1.31. The number of hydrogen-bond acceptors (Lipinski definition) is 1. The highest BCUT2D eigenvalue weighted by molar-refractivity contribution is 5.80. The molecule has 3 rings (SSSR count). The Kier molecular flexibility index (Phi) is 3.82. The molecule has 1 aromatic rings. The predicted octanol–water partition coefficient (Wildman–Crippen LogP) is 3.70. The minimum absolute atomic E-state index is 0.146. The maximum absolute atomic E-state index is 12.0. The smallest absolute Gasteiger partial charge is 0.220 e. The zero-order valence-electron chi connectivity index (χ0n) is 12.4. The van der Waals surface area contributed by atoms with E-state index in [2.05, 4.69) is 42.6 Å². The lowest BCUT2D eigenvalue weighted by molar-refractivity contribution is -0.120. The third-order valence-electron chi connectivity index (χ3n) is 5.49. The Balaban J connectivity index is 1.78. The third kappa shape index (κ3) is 2.61. The van der Waals surface area contributed by atoms with Crippen LogP contribution in [0.15, 0.2) is 30.3 Å². The number of nitrogens with one attached hydrogen (secondary N) is 1. The number of amides is 1. The van der Waals surface area contributed by atoms with E-state index in [9.17, 15) is 4.79 Å². The van der Waals surface area contributed by atoms with E-state index in [4.69, 9.17) is 0 Å². The first kappa shape index (κ1) is 13.7. The van der Waals surface area contributed by atoms with E-state index >= 15 is 0 Å². The fourth-order valence-electron chi connectivity index (χ4n) is 4.20. The summed E-state index contributed by atoms with van der Waals surface area (Å²) in [6.07, 6.45) is 8.35. The first-order valence-electron chi connectivity index (χ1n) is 8.02. The van der Waals surface area contributed by atoms with E-state index < -0.39 is 0 Å². The molecular formula is C18H25NO. The van der Waals surface area contributed by atoms with E-state index in [1.165, 1.54) is 37.7 Å².